The van der Waals surface area contributed by atoms with E-state index in [1.165, 1.54) is 17.0 Å². The molecular formula is C14H14FNO2S. The van der Waals surface area contributed by atoms with E-state index in [4.69, 9.17) is 5.11 Å². The second-order valence-corrected chi connectivity index (χ2v) is 5.10. The van der Waals surface area contributed by atoms with Gasteiger partial charge in [-0.05, 0) is 36.1 Å². The minimum atomic E-state index is -1.26. The van der Waals surface area contributed by atoms with E-state index in [1.807, 2.05) is 24.4 Å². The molecular weight excluding hydrogens is 265 g/mol. The van der Waals surface area contributed by atoms with Crippen molar-refractivity contribution in [3.05, 3.63) is 52.0 Å². The third-order valence-electron chi connectivity index (χ3n) is 2.83. The summed E-state index contributed by atoms with van der Waals surface area (Å²) in [5.74, 6) is -1.98. The number of halogens is 1. The summed E-state index contributed by atoms with van der Waals surface area (Å²) < 4.78 is 13.3. The first-order valence-corrected chi connectivity index (χ1v) is 6.82. The van der Waals surface area contributed by atoms with Crippen LogP contribution in [0.4, 0.5) is 10.1 Å². The molecule has 100 valence electrons. The zero-order valence-electron chi connectivity index (χ0n) is 10.4. The van der Waals surface area contributed by atoms with Crippen molar-refractivity contribution >= 4 is 23.0 Å². The van der Waals surface area contributed by atoms with E-state index < -0.39 is 11.8 Å². The lowest BCUT2D eigenvalue weighted by Crippen LogP contribution is -2.09. The Labute approximate surface area is 114 Å². The molecule has 1 unspecified atom stereocenters. The molecule has 0 aliphatic carbocycles. The third kappa shape index (κ3) is 3.12. The molecule has 0 bridgehead atoms. The Morgan fingerprint density at radius 2 is 2.26 bits per heavy atom. The summed E-state index contributed by atoms with van der Waals surface area (Å²) in [5.41, 5.74) is 0.296. The van der Waals surface area contributed by atoms with Gasteiger partial charge in [0.2, 0.25) is 0 Å². The van der Waals surface area contributed by atoms with Crippen molar-refractivity contribution in [3.8, 4) is 0 Å². The molecule has 2 aromatic rings. The van der Waals surface area contributed by atoms with Crippen LogP contribution in [-0.4, -0.2) is 11.1 Å². The molecule has 0 aliphatic rings. The molecule has 0 spiro atoms. The molecule has 1 atom stereocenters. The van der Waals surface area contributed by atoms with Crippen LogP contribution in [0.15, 0.2) is 35.7 Å². The van der Waals surface area contributed by atoms with Crippen molar-refractivity contribution in [1.29, 1.82) is 0 Å². The van der Waals surface area contributed by atoms with Gasteiger partial charge in [-0.3, -0.25) is 0 Å². The topological polar surface area (TPSA) is 49.3 Å². The fourth-order valence-corrected chi connectivity index (χ4v) is 2.71. The van der Waals surface area contributed by atoms with Gasteiger partial charge in [0, 0.05) is 10.6 Å². The first-order valence-electron chi connectivity index (χ1n) is 5.94. The van der Waals surface area contributed by atoms with Gasteiger partial charge >= 0.3 is 5.97 Å². The molecule has 0 saturated heterocycles. The standard InChI is InChI=1S/C14H14FNO2S/c1-2-12(13-4-3-7-19-13)16-9-5-6-11(15)10(8-9)14(17)18/h3-8,12,16H,2H2,1H3,(H,17,18). The summed E-state index contributed by atoms with van der Waals surface area (Å²) in [5, 5.41) is 14.1. The Morgan fingerprint density at radius 1 is 1.47 bits per heavy atom. The fraction of sp³-hybridized carbons (Fsp3) is 0.214. The Hall–Kier alpha value is -1.88. The molecule has 1 heterocycles. The highest BCUT2D eigenvalue weighted by Gasteiger charge is 2.14. The van der Waals surface area contributed by atoms with E-state index in [9.17, 15) is 9.18 Å². The maximum atomic E-state index is 13.3. The summed E-state index contributed by atoms with van der Waals surface area (Å²) in [4.78, 5) is 12.1. The van der Waals surface area contributed by atoms with E-state index in [0.29, 0.717) is 5.69 Å². The number of aromatic carboxylic acids is 1. The molecule has 1 aromatic carbocycles. The van der Waals surface area contributed by atoms with Gasteiger partial charge in [0.15, 0.2) is 0 Å². The van der Waals surface area contributed by atoms with Gasteiger partial charge in [-0.1, -0.05) is 13.0 Å². The van der Waals surface area contributed by atoms with Gasteiger partial charge in [-0.15, -0.1) is 11.3 Å². The van der Waals surface area contributed by atoms with Gasteiger partial charge in [-0.25, -0.2) is 9.18 Å². The highest BCUT2D eigenvalue weighted by molar-refractivity contribution is 7.10. The van der Waals surface area contributed by atoms with E-state index >= 15 is 0 Å². The summed E-state index contributed by atoms with van der Waals surface area (Å²) in [6.45, 7) is 2.04. The largest absolute Gasteiger partial charge is 0.478 e. The Balaban J connectivity index is 2.23. The van der Waals surface area contributed by atoms with Crippen LogP contribution in [0.5, 0.6) is 0 Å². The average Bonchev–Trinajstić information content (AvgIpc) is 2.91. The van der Waals surface area contributed by atoms with Crippen LogP contribution < -0.4 is 5.32 Å². The number of nitrogens with one attached hydrogen (secondary N) is 1. The van der Waals surface area contributed by atoms with E-state index in [0.717, 1.165) is 6.42 Å². The summed E-state index contributed by atoms with van der Waals surface area (Å²) >= 11 is 1.64. The molecule has 2 rings (SSSR count). The van der Waals surface area contributed by atoms with Gasteiger partial charge in [0.05, 0.1) is 11.6 Å². The fourth-order valence-electron chi connectivity index (χ4n) is 1.84. The molecule has 2 N–H and O–H groups in total. The van der Waals surface area contributed by atoms with E-state index in [-0.39, 0.29) is 11.6 Å². The van der Waals surface area contributed by atoms with E-state index in [1.54, 1.807) is 17.4 Å². The Kier molecular flexibility index (Phi) is 4.16. The third-order valence-corrected chi connectivity index (χ3v) is 3.82. The number of carboxylic acids is 1. The predicted octanol–water partition coefficient (Wildman–Crippen LogP) is 4.15. The molecule has 3 nitrogen and oxygen atoms in total. The van der Waals surface area contributed by atoms with Gasteiger partial charge < -0.3 is 10.4 Å². The zero-order chi connectivity index (χ0) is 13.8. The van der Waals surface area contributed by atoms with Crippen LogP contribution in [0.1, 0.15) is 34.6 Å². The molecule has 0 fully saturated rings. The second kappa shape index (κ2) is 5.84. The van der Waals surface area contributed by atoms with Gasteiger partial charge in [-0.2, -0.15) is 0 Å². The monoisotopic (exact) mass is 279 g/mol. The normalized spacial score (nSPS) is 12.1. The number of anilines is 1. The van der Waals surface area contributed by atoms with Gasteiger partial charge in [0.1, 0.15) is 5.82 Å². The molecule has 5 heteroatoms. The van der Waals surface area contributed by atoms with E-state index in [2.05, 4.69) is 5.32 Å². The molecule has 1 aromatic heterocycles. The van der Waals surface area contributed by atoms with Crippen molar-refractivity contribution < 1.29 is 14.3 Å². The highest BCUT2D eigenvalue weighted by Crippen LogP contribution is 2.27. The number of hydrogen-bond donors (Lipinski definition) is 2. The maximum Gasteiger partial charge on any atom is 0.338 e. The summed E-state index contributed by atoms with van der Waals surface area (Å²) in [6, 6.07) is 8.15. The van der Waals surface area contributed by atoms with Crippen LogP contribution in [0.25, 0.3) is 0 Å². The Morgan fingerprint density at radius 3 is 2.84 bits per heavy atom. The van der Waals surface area contributed by atoms with Crippen molar-refractivity contribution in [2.45, 2.75) is 19.4 Å². The van der Waals surface area contributed by atoms with Crippen LogP contribution in [-0.2, 0) is 0 Å². The minimum Gasteiger partial charge on any atom is -0.478 e. The molecule has 0 radical (unpaired) electrons. The lowest BCUT2D eigenvalue weighted by molar-refractivity contribution is 0.0692. The smallest absolute Gasteiger partial charge is 0.338 e. The van der Waals surface area contributed by atoms with Crippen molar-refractivity contribution in [1.82, 2.24) is 0 Å². The second-order valence-electron chi connectivity index (χ2n) is 4.12. The van der Waals surface area contributed by atoms with Crippen molar-refractivity contribution in [2.75, 3.05) is 5.32 Å². The minimum absolute atomic E-state index is 0.104. The van der Waals surface area contributed by atoms with Crippen LogP contribution in [0, 0.1) is 5.82 Å². The van der Waals surface area contributed by atoms with Crippen molar-refractivity contribution in [2.24, 2.45) is 0 Å². The Bertz CT molecular complexity index is 569. The highest BCUT2D eigenvalue weighted by atomic mass is 32.1. The first-order chi connectivity index (χ1) is 9.11. The number of benzene rings is 1. The summed E-state index contributed by atoms with van der Waals surface area (Å²) in [6.07, 6.45) is 0.861. The lowest BCUT2D eigenvalue weighted by atomic mass is 10.1. The van der Waals surface area contributed by atoms with Gasteiger partial charge in [0.25, 0.3) is 0 Å². The van der Waals surface area contributed by atoms with Crippen LogP contribution >= 0.6 is 11.3 Å². The number of rotatable bonds is 5. The number of thiophene rings is 1. The quantitative estimate of drug-likeness (QED) is 0.864. The number of hydrogen-bond acceptors (Lipinski definition) is 3. The molecule has 0 saturated carbocycles. The van der Waals surface area contributed by atoms with Crippen molar-refractivity contribution in [3.63, 3.8) is 0 Å². The maximum absolute atomic E-state index is 13.3. The average molecular weight is 279 g/mol. The SMILES string of the molecule is CCC(Nc1ccc(F)c(C(=O)O)c1)c1cccs1. The zero-order valence-corrected chi connectivity index (χ0v) is 11.2. The van der Waals surface area contributed by atoms with Crippen LogP contribution in [0.3, 0.4) is 0 Å². The predicted molar refractivity (Wildman–Crippen MR) is 74.3 cm³/mol. The first kappa shape index (κ1) is 13.5. The number of carboxylic acid groups (broad SMARTS) is 1. The summed E-state index contributed by atoms with van der Waals surface area (Å²) in [7, 11) is 0. The lowest BCUT2D eigenvalue weighted by Gasteiger charge is -2.17. The molecule has 19 heavy (non-hydrogen) atoms. The van der Waals surface area contributed by atoms with Crippen LogP contribution in [0.2, 0.25) is 0 Å². The number of carbonyl (C=O) groups is 1. The molecule has 0 aliphatic heterocycles. The molecule has 0 amide bonds.